The van der Waals surface area contributed by atoms with Crippen molar-refractivity contribution in [3.63, 3.8) is 0 Å². The Bertz CT molecular complexity index is 1540. The van der Waals surface area contributed by atoms with Crippen molar-refractivity contribution >= 4 is 10.8 Å². The highest BCUT2D eigenvalue weighted by atomic mass is 19.1. The van der Waals surface area contributed by atoms with Gasteiger partial charge in [-0.2, -0.15) is 0 Å². The van der Waals surface area contributed by atoms with Crippen LogP contribution in [0.2, 0.25) is 0 Å². The average Bonchev–Trinajstić information content (AvgIpc) is 2.84. The predicted molar refractivity (Wildman–Crippen MR) is 126 cm³/mol. The molecule has 1 heterocycles. The summed E-state index contributed by atoms with van der Waals surface area (Å²) in [5.74, 6) is -0.713. The standard InChI is InChI=1S/C28H18F3NO2/c29-21-10-6-19-14-27(18-8-12-24(13-9-18)34-23-4-2-1-3-5-23)32(28(33)25(19)15-21)17-20-7-11-22(30)16-26(20)31/h1-16H,17H2. The minimum absolute atomic E-state index is 0.143. The number of aromatic nitrogens is 1. The molecule has 0 saturated carbocycles. The maximum Gasteiger partial charge on any atom is 0.259 e. The lowest BCUT2D eigenvalue weighted by Crippen LogP contribution is -2.23. The Kier molecular flexibility index (Phi) is 5.64. The molecular formula is C28H18F3NO2. The number of rotatable bonds is 5. The zero-order valence-corrected chi connectivity index (χ0v) is 17.8. The van der Waals surface area contributed by atoms with Gasteiger partial charge in [-0.1, -0.05) is 30.3 Å². The van der Waals surface area contributed by atoms with E-state index in [1.54, 1.807) is 30.3 Å². The van der Waals surface area contributed by atoms with Crippen molar-refractivity contribution in [2.75, 3.05) is 0 Å². The average molecular weight is 457 g/mol. The molecule has 0 N–H and O–H groups in total. The molecule has 0 fully saturated rings. The molecule has 0 aliphatic heterocycles. The van der Waals surface area contributed by atoms with Crippen molar-refractivity contribution in [1.29, 1.82) is 0 Å². The van der Waals surface area contributed by atoms with Crippen molar-refractivity contribution in [1.82, 2.24) is 4.57 Å². The minimum Gasteiger partial charge on any atom is -0.457 e. The molecule has 34 heavy (non-hydrogen) atoms. The Morgan fingerprint density at radius 3 is 2.12 bits per heavy atom. The van der Waals surface area contributed by atoms with Crippen LogP contribution in [0, 0.1) is 17.5 Å². The normalized spacial score (nSPS) is 11.0. The van der Waals surface area contributed by atoms with Crippen LogP contribution in [0.3, 0.4) is 0 Å². The number of pyridine rings is 1. The molecule has 0 aliphatic carbocycles. The second-order valence-electron chi connectivity index (χ2n) is 7.83. The van der Waals surface area contributed by atoms with Gasteiger partial charge in [0.1, 0.15) is 29.0 Å². The maximum atomic E-state index is 14.4. The summed E-state index contributed by atoms with van der Waals surface area (Å²) in [6, 6.07) is 25.4. The van der Waals surface area contributed by atoms with Crippen LogP contribution in [0.15, 0.2) is 102 Å². The van der Waals surface area contributed by atoms with Crippen LogP contribution in [0.25, 0.3) is 22.0 Å². The van der Waals surface area contributed by atoms with Gasteiger partial charge in [0.05, 0.1) is 17.6 Å². The summed E-state index contributed by atoms with van der Waals surface area (Å²) in [5, 5.41) is 0.733. The van der Waals surface area contributed by atoms with Gasteiger partial charge in [-0.15, -0.1) is 0 Å². The van der Waals surface area contributed by atoms with E-state index in [2.05, 4.69) is 0 Å². The fourth-order valence-corrected chi connectivity index (χ4v) is 3.85. The molecule has 0 amide bonds. The fraction of sp³-hybridized carbons (Fsp3) is 0.0357. The van der Waals surface area contributed by atoms with Crippen LogP contribution in [0.1, 0.15) is 5.56 Å². The summed E-state index contributed by atoms with van der Waals surface area (Å²) in [6.07, 6.45) is 0. The number of halogens is 3. The molecule has 0 unspecified atom stereocenters. The summed E-state index contributed by atoms with van der Waals surface area (Å²) >= 11 is 0. The predicted octanol–water partition coefficient (Wildman–Crippen LogP) is 6.93. The van der Waals surface area contributed by atoms with Crippen LogP contribution < -0.4 is 10.3 Å². The fourth-order valence-electron chi connectivity index (χ4n) is 3.85. The number of para-hydroxylation sites is 1. The zero-order valence-electron chi connectivity index (χ0n) is 17.8. The third kappa shape index (κ3) is 4.30. The van der Waals surface area contributed by atoms with E-state index in [-0.39, 0.29) is 17.5 Å². The maximum absolute atomic E-state index is 14.4. The number of benzene rings is 4. The van der Waals surface area contributed by atoms with E-state index in [4.69, 9.17) is 4.74 Å². The largest absolute Gasteiger partial charge is 0.457 e. The first-order valence-electron chi connectivity index (χ1n) is 10.6. The summed E-state index contributed by atoms with van der Waals surface area (Å²) in [7, 11) is 0. The topological polar surface area (TPSA) is 31.2 Å². The highest BCUT2D eigenvalue weighted by molar-refractivity contribution is 5.85. The van der Waals surface area contributed by atoms with Crippen LogP contribution >= 0.6 is 0 Å². The Labute approximate surface area is 193 Å². The van der Waals surface area contributed by atoms with E-state index < -0.39 is 23.0 Å². The monoisotopic (exact) mass is 457 g/mol. The van der Waals surface area contributed by atoms with Gasteiger partial charge < -0.3 is 9.30 Å². The molecule has 4 aromatic carbocycles. The van der Waals surface area contributed by atoms with Gasteiger partial charge >= 0.3 is 0 Å². The van der Waals surface area contributed by atoms with E-state index in [0.717, 1.165) is 18.2 Å². The van der Waals surface area contributed by atoms with Crippen molar-refractivity contribution in [3.05, 3.63) is 130 Å². The zero-order chi connectivity index (χ0) is 23.7. The lowest BCUT2D eigenvalue weighted by atomic mass is 10.1. The molecule has 0 saturated heterocycles. The van der Waals surface area contributed by atoms with E-state index in [1.807, 2.05) is 30.3 Å². The molecule has 0 bridgehead atoms. The van der Waals surface area contributed by atoms with E-state index >= 15 is 0 Å². The lowest BCUT2D eigenvalue weighted by Gasteiger charge is -2.16. The summed E-state index contributed by atoms with van der Waals surface area (Å²) in [5.41, 5.74) is 0.871. The first-order valence-corrected chi connectivity index (χ1v) is 10.6. The van der Waals surface area contributed by atoms with Crippen molar-refractivity contribution in [3.8, 4) is 22.8 Å². The number of fused-ring (bicyclic) bond motifs is 1. The number of hydrogen-bond acceptors (Lipinski definition) is 2. The van der Waals surface area contributed by atoms with Crippen molar-refractivity contribution in [2.24, 2.45) is 0 Å². The smallest absolute Gasteiger partial charge is 0.259 e. The Morgan fingerprint density at radius 1 is 0.706 bits per heavy atom. The Hall–Kier alpha value is -4.32. The van der Waals surface area contributed by atoms with E-state index in [0.29, 0.717) is 28.1 Å². The Morgan fingerprint density at radius 2 is 1.38 bits per heavy atom. The summed E-state index contributed by atoms with van der Waals surface area (Å²) in [6.45, 7) is -0.144. The Balaban J connectivity index is 1.61. The summed E-state index contributed by atoms with van der Waals surface area (Å²) < 4.78 is 48.9. The van der Waals surface area contributed by atoms with E-state index in [1.165, 1.54) is 22.8 Å². The highest BCUT2D eigenvalue weighted by Crippen LogP contribution is 2.28. The van der Waals surface area contributed by atoms with Crippen molar-refractivity contribution in [2.45, 2.75) is 6.54 Å². The van der Waals surface area contributed by atoms with Gasteiger partial charge in [-0.25, -0.2) is 13.2 Å². The molecule has 168 valence electrons. The number of ether oxygens (including phenoxy) is 1. The van der Waals surface area contributed by atoms with Crippen LogP contribution in [-0.4, -0.2) is 4.57 Å². The molecule has 0 aliphatic rings. The highest BCUT2D eigenvalue weighted by Gasteiger charge is 2.15. The quantitative estimate of drug-likeness (QED) is 0.287. The van der Waals surface area contributed by atoms with Gasteiger partial charge in [0.15, 0.2) is 0 Å². The molecule has 1 aromatic heterocycles. The molecule has 0 spiro atoms. The van der Waals surface area contributed by atoms with Gasteiger partial charge in [0.2, 0.25) is 0 Å². The third-order valence-electron chi connectivity index (χ3n) is 5.55. The molecule has 6 heteroatoms. The van der Waals surface area contributed by atoms with Crippen LogP contribution in [0.5, 0.6) is 11.5 Å². The summed E-state index contributed by atoms with van der Waals surface area (Å²) in [4.78, 5) is 13.3. The van der Waals surface area contributed by atoms with Crippen LogP contribution in [-0.2, 0) is 6.54 Å². The van der Waals surface area contributed by atoms with E-state index in [9.17, 15) is 18.0 Å². The first-order chi connectivity index (χ1) is 16.5. The minimum atomic E-state index is -0.760. The molecule has 0 atom stereocenters. The first kappa shape index (κ1) is 21.5. The van der Waals surface area contributed by atoms with Gasteiger partial charge in [-0.3, -0.25) is 4.79 Å². The van der Waals surface area contributed by atoms with Gasteiger partial charge in [0.25, 0.3) is 5.56 Å². The van der Waals surface area contributed by atoms with Gasteiger partial charge in [0, 0.05) is 11.6 Å². The van der Waals surface area contributed by atoms with Gasteiger partial charge in [-0.05, 0) is 71.6 Å². The molecule has 0 radical (unpaired) electrons. The molecule has 3 nitrogen and oxygen atoms in total. The molecular weight excluding hydrogens is 439 g/mol. The van der Waals surface area contributed by atoms with Crippen molar-refractivity contribution < 1.29 is 17.9 Å². The molecule has 5 aromatic rings. The molecule has 5 rings (SSSR count). The number of hydrogen-bond donors (Lipinski definition) is 0. The van der Waals surface area contributed by atoms with Crippen LogP contribution in [0.4, 0.5) is 13.2 Å². The number of nitrogens with zero attached hydrogens (tertiary/aromatic N) is 1. The third-order valence-corrected chi connectivity index (χ3v) is 5.55. The lowest BCUT2D eigenvalue weighted by molar-refractivity contribution is 0.483. The SMILES string of the molecule is O=c1c2cc(F)ccc2cc(-c2ccc(Oc3ccccc3)cc2)n1Cc1ccc(F)cc1F. The second-order valence-corrected chi connectivity index (χ2v) is 7.83. The second kappa shape index (κ2) is 8.90.